The molecule has 0 radical (unpaired) electrons. The molecule has 0 aromatic heterocycles. The van der Waals surface area contributed by atoms with Gasteiger partial charge in [0, 0.05) is 0 Å². The van der Waals surface area contributed by atoms with Crippen molar-refractivity contribution >= 4 is 0 Å². The second kappa shape index (κ2) is 14.4. The molecule has 0 atom stereocenters. The fourth-order valence-electron chi connectivity index (χ4n) is 3.48. The van der Waals surface area contributed by atoms with Gasteiger partial charge in [-0.25, -0.2) is 0 Å². The minimum atomic E-state index is 1.37. The molecule has 0 bridgehead atoms. The zero-order chi connectivity index (χ0) is 15.8. The highest BCUT2D eigenvalue weighted by atomic mass is 15.3. The number of piperidine rings is 1. The van der Waals surface area contributed by atoms with Gasteiger partial charge in [-0.15, -0.1) is 0 Å². The van der Waals surface area contributed by atoms with Gasteiger partial charge in [-0.05, 0) is 32.1 Å². The van der Waals surface area contributed by atoms with Crippen LogP contribution in [-0.2, 0) is 0 Å². The van der Waals surface area contributed by atoms with Crippen LogP contribution < -0.4 is 0 Å². The minimum Gasteiger partial charge on any atom is -0.512 e. The molecule has 21 heavy (non-hydrogen) atoms. The van der Waals surface area contributed by atoms with E-state index in [0.717, 1.165) is 0 Å². The number of unbranched alkanes of at least 4 members (excludes halogenated alkanes) is 9. The van der Waals surface area contributed by atoms with Gasteiger partial charge in [0.05, 0.1) is 26.7 Å². The van der Waals surface area contributed by atoms with Crippen molar-refractivity contribution in [2.45, 2.75) is 90.4 Å². The first-order valence-electron chi connectivity index (χ1n) is 9.33. The van der Waals surface area contributed by atoms with Crippen molar-refractivity contribution in [1.82, 2.24) is 0 Å². The lowest BCUT2D eigenvalue weighted by Gasteiger charge is -2.37. The molecule has 2 nitrogen and oxygen atoms in total. The molecular weight excluding hydrogens is 256 g/mol. The summed E-state index contributed by atoms with van der Waals surface area (Å²) in [6.07, 6.45) is 19.0. The first-order valence-corrected chi connectivity index (χ1v) is 9.33. The van der Waals surface area contributed by atoms with Gasteiger partial charge in [0.25, 0.3) is 0 Å². The summed E-state index contributed by atoms with van der Waals surface area (Å²) in [6.45, 7) is 11.4. The summed E-state index contributed by atoms with van der Waals surface area (Å²) in [7, 11) is 2.48. The molecule has 0 aromatic carbocycles. The molecule has 0 aromatic rings. The maximum atomic E-state index is 6.25. The first-order chi connectivity index (χ1) is 10.3. The van der Waals surface area contributed by atoms with Crippen molar-refractivity contribution in [1.29, 1.82) is 5.26 Å². The molecule has 1 fully saturated rings. The molecule has 0 amide bonds. The Bertz CT molecular complexity index is 229. The van der Waals surface area contributed by atoms with E-state index in [0.29, 0.717) is 0 Å². The SMILES string of the molecule is CCCCCCCCCCCC[N+]1(C)CCCCC1.[C-]#N. The maximum absolute atomic E-state index is 6.25. The van der Waals surface area contributed by atoms with Crippen LogP contribution in [0.25, 0.3) is 0 Å². The Hall–Kier alpha value is -0.550. The summed E-state index contributed by atoms with van der Waals surface area (Å²) in [4.78, 5) is 0. The van der Waals surface area contributed by atoms with Crippen molar-refractivity contribution in [3.8, 4) is 0 Å². The van der Waals surface area contributed by atoms with Crippen molar-refractivity contribution in [3.63, 3.8) is 0 Å². The molecule has 1 rings (SSSR count). The second-order valence-electron chi connectivity index (χ2n) is 7.03. The number of likely N-dealkylation sites (tertiary alicyclic amines) is 1. The Kier molecular flexibility index (Phi) is 14.0. The Balaban J connectivity index is 0.00000191. The number of rotatable bonds is 11. The smallest absolute Gasteiger partial charge is 0.0784 e. The summed E-state index contributed by atoms with van der Waals surface area (Å²) in [5.41, 5.74) is 0. The lowest BCUT2D eigenvalue weighted by molar-refractivity contribution is -0.914. The van der Waals surface area contributed by atoms with E-state index < -0.39 is 0 Å². The van der Waals surface area contributed by atoms with E-state index in [1.54, 1.807) is 0 Å². The zero-order valence-electron chi connectivity index (χ0n) is 14.7. The quantitative estimate of drug-likeness (QED) is 0.275. The van der Waals surface area contributed by atoms with Crippen LogP contribution in [0.2, 0.25) is 0 Å². The predicted molar refractivity (Wildman–Crippen MR) is 91.4 cm³/mol. The highest BCUT2D eigenvalue weighted by Gasteiger charge is 2.23. The van der Waals surface area contributed by atoms with E-state index in [9.17, 15) is 0 Å². The molecular formula is C19H38N2. The van der Waals surface area contributed by atoms with E-state index in [1.165, 1.54) is 108 Å². The number of hydrogen-bond donors (Lipinski definition) is 0. The van der Waals surface area contributed by atoms with Gasteiger partial charge in [0.2, 0.25) is 0 Å². The Morgan fingerprint density at radius 1 is 0.714 bits per heavy atom. The van der Waals surface area contributed by atoms with E-state index in [4.69, 9.17) is 11.8 Å². The molecule has 1 heterocycles. The van der Waals surface area contributed by atoms with Crippen LogP contribution in [0.15, 0.2) is 0 Å². The zero-order valence-corrected chi connectivity index (χ0v) is 14.7. The van der Waals surface area contributed by atoms with Crippen LogP contribution in [0.4, 0.5) is 0 Å². The second-order valence-corrected chi connectivity index (χ2v) is 7.03. The topological polar surface area (TPSA) is 23.8 Å². The van der Waals surface area contributed by atoms with Crippen LogP contribution in [0.3, 0.4) is 0 Å². The molecule has 0 spiro atoms. The summed E-state index contributed by atoms with van der Waals surface area (Å²) in [6, 6.07) is 0. The van der Waals surface area contributed by atoms with Crippen LogP contribution in [0.5, 0.6) is 0 Å². The van der Waals surface area contributed by atoms with Gasteiger partial charge < -0.3 is 16.3 Å². The van der Waals surface area contributed by atoms with Gasteiger partial charge in [0.1, 0.15) is 0 Å². The fourth-order valence-corrected chi connectivity index (χ4v) is 3.48. The first kappa shape index (κ1) is 20.5. The Morgan fingerprint density at radius 3 is 1.62 bits per heavy atom. The molecule has 1 saturated heterocycles. The van der Waals surface area contributed by atoms with Gasteiger partial charge >= 0.3 is 0 Å². The minimum absolute atomic E-state index is 1.37. The number of nitrogens with zero attached hydrogens (tertiary/aromatic N) is 2. The molecule has 2 heteroatoms. The maximum Gasteiger partial charge on any atom is 0.0784 e. The molecule has 124 valence electrons. The average Bonchev–Trinajstić information content (AvgIpc) is 2.52. The van der Waals surface area contributed by atoms with Crippen molar-refractivity contribution < 1.29 is 4.48 Å². The highest BCUT2D eigenvalue weighted by molar-refractivity contribution is 4.53. The van der Waals surface area contributed by atoms with E-state index in [1.807, 2.05) is 0 Å². The molecule has 0 unspecified atom stereocenters. The third kappa shape index (κ3) is 11.8. The van der Waals surface area contributed by atoms with Crippen molar-refractivity contribution in [2.75, 3.05) is 26.7 Å². The third-order valence-electron chi connectivity index (χ3n) is 4.95. The standard InChI is InChI=1S/C18H38N.CN/c1-3-4-5-6-7-8-9-10-11-13-16-19(2)17-14-12-15-18-19;1-2/h3-18H2,1-2H3;/q+1;-1. The summed E-state index contributed by atoms with van der Waals surface area (Å²) >= 11 is 0. The fraction of sp³-hybridized carbons (Fsp3) is 0.947. The van der Waals surface area contributed by atoms with E-state index in [-0.39, 0.29) is 0 Å². The lowest BCUT2D eigenvalue weighted by atomic mass is 10.0. The van der Waals surface area contributed by atoms with E-state index >= 15 is 0 Å². The summed E-state index contributed by atoms with van der Waals surface area (Å²) < 4.78 is 1.37. The predicted octanol–water partition coefficient (Wildman–Crippen LogP) is 5.63. The Morgan fingerprint density at radius 2 is 1.14 bits per heavy atom. The summed E-state index contributed by atoms with van der Waals surface area (Å²) in [5.74, 6) is 0. The monoisotopic (exact) mass is 294 g/mol. The van der Waals surface area contributed by atoms with Crippen LogP contribution >= 0.6 is 0 Å². The van der Waals surface area contributed by atoms with Crippen molar-refractivity contribution in [2.24, 2.45) is 0 Å². The third-order valence-corrected chi connectivity index (χ3v) is 4.95. The van der Waals surface area contributed by atoms with Gasteiger partial charge in [-0.3, -0.25) is 0 Å². The Labute approximate surface area is 134 Å². The highest BCUT2D eigenvalue weighted by Crippen LogP contribution is 2.18. The van der Waals surface area contributed by atoms with Crippen LogP contribution in [0.1, 0.15) is 90.4 Å². The average molecular weight is 295 g/mol. The van der Waals surface area contributed by atoms with Gasteiger partial charge in [-0.2, -0.15) is 0 Å². The lowest BCUT2D eigenvalue weighted by Crippen LogP contribution is -2.48. The normalized spacial score (nSPS) is 17.0. The molecule has 0 saturated carbocycles. The van der Waals surface area contributed by atoms with Gasteiger partial charge in [-0.1, -0.05) is 58.3 Å². The number of quaternary nitrogens is 1. The van der Waals surface area contributed by atoms with Crippen LogP contribution in [0, 0.1) is 11.8 Å². The van der Waals surface area contributed by atoms with Crippen LogP contribution in [-0.4, -0.2) is 31.2 Å². The molecule has 1 aliphatic heterocycles. The molecule has 0 aliphatic carbocycles. The summed E-state index contributed by atoms with van der Waals surface area (Å²) in [5, 5.41) is 6.25. The largest absolute Gasteiger partial charge is 0.512 e. The van der Waals surface area contributed by atoms with Gasteiger partial charge in [0.15, 0.2) is 0 Å². The molecule has 0 N–H and O–H groups in total. The molecule has 1 aliphatic rings. The van der Waals surface area contributed by atoms with Crippen molar-refractivity contribution in [3.05, 3.63) is 6.57 Å². The number of hydrogen-bond acceptors (Lipinski definition) is 1. The van der Waals surface area contributed by atoms with E-state index in [2.05, 4.69) is 14.0 Å².